The predicted molar refractivity (Wildman–Crippen MR) is 50.8 cm³/mol. The van der Waals surface area contributed by atoms with E-state index in [1.807, 2.05) is 6.92 Å². The molecule has 0 aromatic rings. The molecule has 1 saturated heterocycles. The molecule has 0 saturated carbocycles. The largest absolute Gasteiger partial charge is 0.229 e. The van der Waals surface area contributed by atoms with Gasteiger partial charge in [-0.1, -0.05) is 27.7 Å². The molecule has 0 amide bonds. The van der Waals surface area contributed by atoms with Gasteiger partial charge in [-0.3, -0.25) is 0 Å². The van der Waals surface area contributed by atoms with Crippen LogP contribution in [0.4, 0.5) is 0 Å². The molecule has 0 aliphatic carbocycles. The van der Waals surface area contributed by atoms with Crippen LogP contribution in [-0.4, -0.2) is 19.9 Å². The summed E-state index contributed by atoms with van der Waals surface area (Å²) in [5.74, 6) is 1.43. The normalized spacial score (nSPS) is 35.3. The lowest BCUT2D eigenvalue weighted by molar-refractivity contribution is 0.216. The molecular weight excluding hydrogens is 172 g/mol. The minimum Gasteiger partial charge on any atom is -0.229 e. The highest BCUT2D eigenvalue weighted by Crippen LogP contribution is 2.38. The van der Waals surface area contributed by atoms with Crippen molar-refractivity contribution >= 4 is 9.84 Å². The van der Waals surface area contributed by atoms with E-state index < -0.39 is 9.84 Å². The van der Waals surface area contributed by atoms with Crippen molar-refractivity contribution in [2.24, 2.45) is 17.3 Å². The fraction of sp³-hybridized carbons (Fsp3) is 1.00. The highest BCUT2D eigenvalue weighted by molar-refractivity contribution is 7.91. The molecule has 0 N–H and O–H groups in total. The van der Waals surface area contributed by atoms with Crippen LogP contribution in [0.2, 0.25) is 0 Å². The van der Waals surface area contributed by atoms with Gasteiger partial charge in [-0.2, -0.15) is 0 Å². The molecule has 0 spiro atoms. The molecule has 0 bridgehead atoms. The molecule has 1 rings (SSSR count). The maximum Gasteiger partial charge on any atom is 0.150 e. The van der Waals surface area contributed by atoms with Gasteiger partial charge in [-0.15, -0.1) is 0 Å². The van der Waals surface area contributed by atoms with Crippen molar-refractivity contribution in [1.82, 2.24) is 0 Å². The van der Waals surface area contributed by atoms with Crippen molar-refractivity contribution < 1.29 is 8.42 Å². The SMILES string of the molecule is CC1CS(=O)(=O)CC1C(C)(C)C. The quantitative estimate of drug-likeness (QED) is 0.583. The van der Waals surface area contributed by atoms with Gasteiger partial charge in [0.25, 0.3) is 0 Å². The monoisotopic (exact) mass is 190 g/mol. The molecule has 72 valence electrons. The molecular formula is C9H18O2S. The molecule has 2 atom stereocenters. The van der Waals surface area contributed by atoms with Gasteiger partial charge < -0.3 is 0 Å². The molecule has 1 fully saturated rings. The maximum atomic E-state index is 11.3. The standard InChI is InChI=1S/C9H18O2S/c1-7-5-12(10,11)6-8(7)9(2,3)4/h7-8H,5-6H2,1-4H3. The van der Waals surface area contributed by atoms with Crippen LogP contribution >= 0.6 is 0 Å². The van der Waals surface area contributed by atoms with Crippen LogP contribution in [0.25, 0.3) is 0 Å². The van der Waals surface area contributed by atoms with Gasteiger partial charge >= 0.3 is 0 Å². The Kier molecular flexibility index (Phi) is 2.28. The van der Waals surface area contributed by atoms with Crippen molar-refractivity contribution in [2.45, 2.75) is 27.7 Å². The average Bonchev–Trinajstić information content (AvgIpc) is 2.03. The van der Waals surface area contributed by atoms with E-state index in [-0.39, 0.29) is 5.41 Å². The zero-order chi connectivity index (χ0) is 9.57. The molecule has 2 unspecified atom stereocenters. The van der Waals surface area contributed by atoms with E-state index in [0.29, 0.717) is 23.3 Å². The summed E-state index contributed by atoms with van der Waals surface area (Å²) in [5.41, 5.74) is 0.128. The van der Waals surface area contributed by atoms with Gasteiger partial charge in [0.15, 0.2) is 9.84 Å². The Morgan fingerprint density at radius 2 is 1.67 bits per heavy atom. The first kappa shape index (κ1) is 10.0. The molecule has 3 heteroatoms. The summed E-state index contributed by atoms with van der Waals surface area (Å²) in [6, 6.07) is 0. The van der Waals surface area contributed by atoms with Gasteiger partial charge in [0.1, 0.15) is 0 Å². The van der Waals surface area contributed by atoms with E-state index in [0.717, 1.165) is 0 Å². The minimum absolute atomic E-state index is 0.128. The van der Waals surface area contributed by atoms with Crippen LogP contribution in [-0.2, 0) is 9.84 Å². The first-order chi connectivity index (χ1) is 5.22. The van der Waals surface area contributed by atoms with Gasteiger partial charge in [-0.25, -0.2) is 8.42 Å². The third-order valence-corrected chi connectivity index (χ3v) is 4.65. The van der Waals surface area contributed by atoms with Crippen LogP contribution in [0.3, 0.4) is 0 Å². The zero-order valence-corrected chi connectivity index (χ0v) is 9.11. The Labute approximate surface area is 75.3 Å². The third kappa shape index (κ3) is 2.00. The molecule has 0 aromatic carbocycles. The van der Waals surface area contributed by atoms with E-state index in [1.54, 1.807) is 0 Å². The predicted octanol–water partition coefficient (Wildman–Crippen LogP) is 1.71. The minimum atomic E-state index is -2.73. The number of rotatable bonds is 0. The highest BCUT2D eigenvalue weighted by atomic mass is 32.2. The summed E-state index contributed by atoms with van der Waals surface area (Å²) < 4.78 is 22.6. The van der Waals surface area contributed by atoms with E-state index >= 15 is 0 Å². The summed E-state index contributed by atoms with van der Waals surface area (Å²) in [6.45, 7) is 8.40. The van der Waals surface area contributed by atoms with Crippen molar-refractivity contribution in [2.75, 3.05) is 11.5 Å². The van der Waals surface area contributed by atoms with E-state index in [2.05, 4.69) is 20.8 Å². The first-order valence-electron chi connectivity index (χ1n) is 4.43. The highest BCUT2D eigenvalue weighted by Gasteiger charge is 2.40. The zero-order valence-electron chi connectivity index (χ0n) is 8.29. The number of sulfone groups is 1. The lowest BCUT2D eigenvalue weighted by atomic mass is 9.76. The Bertz CT molecular complexity index is 259. The van der Waals surface area contributed by atoms with Crippen molar-refractivity contribution in [3.05, 3.63) is 0 Å². The Morgan fingerprint density at radius 1 is 1.17 bits per heavy atom. The second-order valence-corrected chi connectivity index (χ2v) is 7.18. The smallest absolute Gasteiger partial charge is 0.150 e. The molecule has 0 aromatic heterocycles. The maximum absolute atomic E-state index is 11.3. The van der Waals surface area contributed by atoms with Gasteiger partial charge in [0.05, 0.1) is 11.5 Å². The van der Waals surface area contributed by atoms with Crippen LogP contribution in [0.1, 0.15) is 27.7 Å². The molecule has 1 aliphatic rings. The summed E-state index contributed by atoms with van der Waals surface area (Å²) >= 11 is 0. The van der Waals surface area contributed by atoms with Crippen molar-refractivity contribution in [3.8, 4) is 0 Å². The molecule has 1 heterocycles. The first-order valence-corrected chi connectivity index (χ1v) is 6.25. The second kappa shape index (κ2) is 2.72. The summed E-state index contributed by atoms with van der Waals surface area (Å²) in [5, 5.41) is 0. The van der Waals surface area contributed by atoms with E-state index in [9.17, 15) is 8.42 Å². The van der Waals surface area contributed by atoms with Crippen LogP contribution in [0.5, 0.6) is 0 Å². The summed E-state index contributed by atoms with van der Waals surface area (Å²) in [7, 11) is -2.73. The Morgan fingerprint density at radius 3 is 1.83 bits per heavy atom. The summed E-state index contributed by atoms with van der Waals surface area (Å²) in [6.07, 6.45) is 0. The van der Waals surface area contributed by atoms with Crippen LogP contribution in [0.15, 0.2) is 0 Å². The third-order valence-electron chi connectivity index (χ3n) is 2.75. The van der Waals surface area contributed by atoms with Gasteiger partial charge in [0, 0.05) is 0 Å². The molecule has 2 nitrogen and oxygen atoms in total. The lowest BCUT2D eigenvalue weighted by Gasteiger charge is -2.29. The van der Waals surface area contributed by atoms with E-state index in [1.165, 1.54) is 0 Å². The lowest BCUT2D eigenvalue weighted by Crippen LogP contribution is -2.25. The average molecular weight is 190 g/mol. The number of hydrogen-bond donors (Lipinski definition) is 0. The Balaban J connectivity index is 2.85. The topological polar surface area (TPSA) is 34.1 Å². The molecule has 12 heavy (non-hydrogen) atoms. The fourth-order valence-corrected chi connectivity index (χ4v) is 4.67. The Hall–Kier alpha value is -0.0500. The van der Waals surface area contributed by atoms with Crippen LogP contribution < -0.4 is 0 Å². The van der Waals surface area contributed by atoms with Gasteiger partial charge in [0.2, 0.25) is 0 Å². The number of hydrogen-bond acceptors (Lipinski definition) is 2. The molecule has 0 radical (unpaired) electrons. The molecule has 1 aliphatic heterocycles. The van der Waals surface area contributed by atoms with Gasteiger partial charge in [-0.05, 0) is 17.3 Å². The van der Waals surface area contributed by atoms with Crippen molar-refractivity contribution in [3.63, 3.8) is 0 Å². The summed E-state index contributed by atoms with van der Waals surface area (Å²) in [4.78, 5) is 0. The second-order valence-electron chi connectivity index (χ2n) is 5.03. The fourth-order valence-electron chi connectivity index (χ4n) is 2.13. The van der Waals surface area contributed by atoms with Crippen molar-refractivity contribution in [1.29, 1.82) is 0 Å². The van der Waals surface area contributed by atoms with E-state index in [4.69, 9.17) is 0 Å². The van der Waals surface area contributed by atoms with Crippen LogP contribution in [0, 0.1) is 17.3 Å².